The van der Waals surface area contributed by atoms with Crippen LogP contribution in [0, 0.1) is 5.82 Å². The molecule has 32 heavy (non-hydrogen) atoms. The van der Waals surface area contributed by atoms with Crippen molar-refractivity contribution in [3.05, 3.63) is 95.3 Å². The minimum Gasteiger partial charge on any atom is -0.427 e. The fourth-order valence-corrected chi connectivity index (χ4v) is 3.04. The summed E-state index contributed by atoms with van der Waals surface area (Å²) in [6.07, 6.45) is 0.777. The number of esters is 1. The van der Waals surface area contributed by atoms with Crippen LogP contribution in [0.3, 0.4) is 0 Å². The summed E-state index contributed by atoms with van der Waals surface area (Å²) in [4.78, 5) is 35.7. The van der Waals surface area contributed by atoms with Crippen molar-refractivity contribution >= 4 is 23.5 Å². The molecular formula is C25H23FN2O4. The smallest absolute Gasteiger partial charge is 0.308 e. The number of aryl methyl sites for hydroxylation is 1. The number of amides is 2. The van der Waals surface area contributed by atoms with E-state index in [-0.39, 0.29) is 30.6 Å². The van der Waals surface area contributed by atoms with E-state index in [1.54, 1.807) is 48.5 Å². The van der Waals surface area contributed by atoms with Crippen molar-refractivity contribution in [1.82, 2.24) is 5.32 Å². The van der Waals surface area contributed by atoms with E-state index in [4.69, 9.17) is 4.74 Å². The molecule has 0 saturated heterocycles. The molecule has 0 unspecified atom stereocenters. The number of nitrogens with one attached hydrogen (secondary N) is 2. The lowest BCUT2D eigenvalue weighted by molar-refractivity contribution is -0.131. The molecule has 164 valence electrons. The number of hydrogen-bond acceptors (Lipinski definition) is 4. The van der Waals surface area contributed by atoms with Gasteiger partial charge in [0.2, 0.25) is 5.91 Å². The summed E-state index contributed by atoms with van der Waals surface area (Å²) in [5.41, 5.74) is 2.69. The Hall–Kier alpha value is -4.00. The van der Waals surface area contributed by atoms with Gasteiger partial charge in [0.15, 0.2) is 0 Å². The number of hydrogen-bond donors (Lipinski definition) is 2. The third-order valence-corrected chi connectivity index (χ3v) is 4.58. The molecule has 3 rings (SSSR count). The van der Waals surface area contributed by atoms with Crippen LogP contribution in [0.25, 0.3) is 0 Å². The van der Waals surface area contributed by atoms with Gasteiger partial charge in [0.1, 0.15) is 11.6 Å². The van der Waals surface area contributed by atoms with Gasteiger partial charge in [-0.1, -0.05) is 30.3 Å². The Bertz CT molecular complexity index is 1110. The zero-order valence-electron chi connectivity index (χ0n) is 17.6. The average molecular weight is 434 g/mol. The van der Waals surface area contributed by atoms with E-state index in [0.717, 1.165) is 11.1 Å². The van der Waals surface area contributed by atoms with E-state index in [0.29, 0.717) is 23.4 Å². The van der Waals surface area contributed by atoms with Crippen LogP contribution in [0.2, 0.25) is 0 Å². The zero-order chi connectivity index (χ0) is 22.9. The summed E-state index contributed by atoms with van der Waals surface area (Å²) in [5, 5.41) is 5.64. The molecule has 0 aliphatic heterocycles. The SMILES string of the molecule is CC(=O)Oc1cccc(C(=O)NCc2cccc(NC(=O)CCc3ccc(F)cc3)c2)c1. The quantitative estimate of drug-likeness (QED) is 0.410. The highest BCUT2D eigenvalue weighted by Crippen LogP contribution is 2.15. The molecule has 0 atom stereocenters. The molecule has 0 fully saturated rings. The second kappa shape index (κ2) is 10.9. The number of benzene rings is 3. The zero-order valence-corrected chi connectivity index (χ0v) is 17.6. The minimum atomic E-state index is -0.459. The van der Waals surface area contributed by atoms with Crippen molar-refractivity contribution < 1.29 is 23.5 Å². The molecule has 0 spiro atoms. The van der Waals surface area contributed by atoms with E-state index in [2.05, 4.69) is 10.6 Å². The normalized spacial score (nSPS) is 10.3. The minimum absolute atomic E-state index is 0.155. The molecule has 0 bridgehead atoms. The first kappa shape index (κ1) is 22.7. The van der Waals surface area contributed by atoms with Crippen LogP contribution in [0.1, 0.15) is 34.8 Å². The van der Waals surface area contributed by atoms with Gasteiger partial charge in [-0.3, -0.25) is 14.4 Å². The number of carbonyl (C=O) groups excluding carboxylic acids is 3. The number of rotatable bonds is 8. The maximum absolute atomic E-state index is 13.0. The van der Waals surface area contributed by atoms with E-state index in [1.807, 2.05) is 6.07 Å². The lowest BCUT2D eigenvalue weighted by Gasteiger charge is -2.10. The highest BCUT2D eigenvalue weighted by molar-refractivity contribution is 5.94. The van der Waals surface area contributed by atoms with E-state index in [1.165, 1.54) is 25.1 Å². The predicted molar refractivity (Wildman–Crippen MR) is 119 cm³/mol. The first-order chi connectivity index (χ1) is 15.4. The van der Waals surface area contributed by atoms with E-state index >= 15 is 0 Å². The Morgan fingerprint density at radius 2 is 1.66 bits per heavy atom. The Labute approximate surface area is 185 Å². The fraction of sp³-hybridized carbons (Fsp3) is 0.160. The maximum Gasteiger partial charge on any atom is 0.308 e. The summed E-state index contributed by atoms with van der Waals surface area (Å²) in [6, 6.07) is 19.6. The van der Waals surface area contributed by atoms with Gasteiger partial charge in [-0.2, -0.15) is 0 Å². The van der Waals surface area contributed by atoms with Crippen LogP contribution in [0.4, 0.5) is 10.1 Å². The monoisotopic (exact) mass is 434 g/mol. The first-order valence-electron chi connectivity index (χ1n) is 10.1. The molecule has 0 aliphatic rings. The van der Waals surface area contributed by atoms with Gasteiger partial charge in [-0.25, -0.2) is 4.39 Å². The van der Waals surface area contributed by atoms with Gasteiger partial charge in [0.25, 0.3) is 5.91 Å². The largest absolute Gasteiger partial charge is 0.427 e. The fourth-order valence-electron chi connectivity index (χ4n) is 3.04. The van der Waals surface area contributed by atoms with Crippen LogP contribution in [0.5, 0.6) is 5.75 Å². The molecule has 3 aromatic rings. The van der Waals surface area contributed by atoms with E-state index in [9.17, 15) is 18.8 Å². The lowest BCUT2D eigenvalue weighted by Crippen LogP contribution is -2.23. The summed E-state index contributed by atoms with van der Waals surface area (Å²) in [7, 11) is 0. The highest BCUT2D eigenvalue weighted by Gasteiger charge is 2.09. The van der Waals surface area contributed by atoms with Gasteiger partial charge >= 0.3 is 5.97 Å². The van der Waals surface area contributed by atoms with Crippen LogP contribution in [0.15, 0.2) is 72.8 Å². The van der Waals surface area contributed by atoms with Crippen LogP contribution < -0.4 is 15.4 Å². The van der Waals surface area contributed by atoms with Crippen molar-refractivity contribution in [2.75, 3.05) is 5.32 Å². The predicted octanol–water partition coefficient (Wildman–Crippen LogP) is 4.25. The Morgan fingerprint density at radius 3 is 2.41 bits per heavy atom. The van der Waals surface area contributed by atoms with Crippen LogP contribution in [-0.2, 0) is 22.6 Å². The van der Waals surface area contributed by atoms with Crippen molar-refractivity contribution in [3.8, 4) is 5.75 Å². The highest BCUT2D eigenvalue weighted by atomic mass is 19.1. The molecule has 7 heteroatoms. The van der Waals surface area contributed by atoms with Gasteiger partial charge in [-0.05, 0) is 60.0 Å². The van der Waals surface area contributed by atoms with Crippen molar-refractivity contribution in [2.24, 2.45) is 0 Å². The van der Waals surface area contributed by atoms with Gasteiger partial charge < -0.3 is 15.4 Å². The van der Waals surface area contributed by atoms with Crippen molar-refractivity contribution in [3.63, 3.8) is 0 Å². The number of anilines is 1. The van der Waals surface area contributed by atoms with E-state index < -0.39 is 5.97 Å². The maximum atomic E-state index is 13.0. The molecule has 0 radical (unpaired) electrons. The van der Waals surface area contributed by atoms with Crippen molar-refractivity contribution in [1.29, 1.82) is 0 Å². The Balaban J connectivity index is 1.52. The summed E-state index contributed by atoms with van der Waals surface area (Å²) >= 11 is 0. The lowest BCUT2D eigenvalue weighted by atomic mass is 10.1. The molecule has 6 nitrogen and oxygen atoms in total. The van der Waals surface area contributed by atoms with Crippen LogP contribution >= 0.6 is 0 Å². The summed E-state index contributed by atoms with van der Waals surface area (Å²) in [6.45, 7) is 1.55. The number of halogens is 1. The molecule has 0 aliphatic carbocycles. The Morgan fingerprint density at radius 1 is 0.906 bits per heavy atom. The molecule has 2 N–H and O–H groups in total. The summed E-state index contributed by atoms with van der Waals surface area (Å²) in [5.74, 6) is -0.931. The van der Waals surface area contributed by atoms with Gasteiger partial charge in [0.05, 0.1) is 0 Å². The Kier molecular flexibility index (Phi) is 7.70. The van der Waals surface area contributed by atoms with Gasteiger partial charge in [-0.15, -0.1) is 0 Å². The molecule has 2 amide bonds. The second-order valence-corrected chi connectivity index (χ2v) is 7.18. The number of ether oxygens (including phenoxy) is 1. The average Bonchev–Trinajstić information content (AvgIpc) is 2.77. The molecule has 0 heterocycles. The molecule has 0 aromatic heterocycles. The standard InChI is InChI=1S/C25H23FN2O4/c1-17(29)32-23-7-3-5-20(15-23)25(31)27-16-19-4-2-6-22(14-19)28-24(30)13-10-18-8-11-21(26)12-9-18/h2-9,11-12,14-15H,10,13,16H2,1H3,(H,27,31)(H,28,30). The third-order valence-electron chi connectivity index (χ3n) is 4.58. The number of carbonyl (C=O) groups is 3. The second-order valence-electron chi connectivity index (χ2n) is 7.18. The molecular weight excluding hydrogens is 411 g/mol. The topological polar surface area (TPSA) is 84.5 Å². The third kappa shape index (κ3) is 7.05. The molecule has 3 aromatic carbocycles. The first-order valence-corrected chi connectivity index (χ1v) is 10.1. The van der Waals surface area contributed by atoms with Crippen LogP contribution in [-0.4, -0.2) is 17.8 Å². The molecule has 0 saturated carbocycles. The summed E-state index contributed by atoms with van der Waals surface area (Å²) < 4.78 is 18.0. The van der Waals surface area contributed by atoms with Crippen molar-refractivity contribution in [2.45, 2.75) is 26.3 Å². The van der Waals surface area contributed by atoms with Gasteiger partial charge in [0, 0.05) is 31.1 Å².